The SMILES string of the molecule is COC(=O)[C@@H]1CCCN(Cc2ccccc2N(C)C)C1. The van der Waals surface area contributed by atoms with Crippen LogP contribution in [0.4, 0.5) is 5.69 Å². The quantitative estimate of drug-likeness (QED) is 0.789. The summed E-state index contributed by atoms with van der Waals surface area (Å²) in [5.74, 6) is -0.0455. The average molecular weight is 276 g/mol. The summed E-state index contributed by atoms with van der Waals surface area (Å²) in [7, 11) is 5.60. The molecule has 1 fully saturated rings. The zero-order chi connectivity index (χ0) is 14.5. The van der Waals surface area contributed by atoms with Crippen molar-refractivity contribution in [2.45, 2.75) is 19.4 Å². The Balaban J connectivity index is 2.04. The molecule has 0 bridgehead atoms. The van der Waals surface area contributed by atoms with Crippen LogP contribution in [0.5, 0.6) is 0 Å². The van der Waals surface area contributed by atoms with E-state index in [4.69, 9.17) is 4.74 Å². The molecule has 20 heavy (non-hydrogen) atoms. The van der Waals surface area contributed by atoms with E-state index in [-0.39, 0.29) is 11.9 Å². The van der Waals surface area contributed by atoms with Gasteiger partial charge in [0.05, 0.1) is 13.0 Å². The Morgan fingerprint density at radius 1 is 1.40 bits per heavy atom. The molecule has 1 atom stereocenters. The number of carbonyl (C=O) groups excluding carboxylic acids is 1. The molecule has 0 aliphatic carbocycles. The average Bonchev–Trinajstić information content (AvgIpc) is 2.47. The molecule has 0 radical (unpaired) electrons. The first-order chi connectivity index (χ1) is 9.61. The molecule has 0 N–H and O–H groups in total. The maximum absolute atomic E-state index is 11.7. The minimum absolute atomic E-state index is 0.0280. The molecule has 1 heterocycles. The molecule has 1 aliphatic rings. The van der Waals surface area contributed by atoms with Crippen molar-refractivity contribution in [2.75, 3.05) is 39.2 Å². The monoisotopic (exact) mass is 276 g/mol. The Morgan fingerprint density at radius 2 is 2.15 bits per heavy atom. The molecule has 0 spiro atoms. The van der Waals surface area contributed by atoms with Crippen LogP contribution in [-0.4, -0.2) is 45.2 Å². The Kier molecular flexibility index (Phi) is 5.01. The number of hydrogen-bond donors (Lipinski definition) is 0. The number of methoxy groups -OCH3 is 1. The fourth-order valence-electron chi connectivity index (χ4n) is 2.88. The van der Waals surface area contributed by atoms with Crippen LogP contribution in [0.3, 0.4) is 0 Å². The number of benzene rings is 1. The summed E-state index contributed by atoms with van der Waals surface area (Å²) < 4.78 is 4.88. The predicted octanol–water partition coefficient (Wildman–Crippen LogP) is 2.14. The topological polar surface area (TPSA) is 32.8 Å². The summed E-state index contributed by atoms with van der Waals surface area (Å²) in [6.07, 6.45) is 2.00. The van der Waals surface area contributed by atoms with Crippen molar-refractivity contribution in [1.29, 1.82) is 0 Å². The zero-order valence-electron chi connectivity index (χ0n) is 12.6. The summed E-state index contributed by atoms with van der Waals surface area (Å²) >= 11 is 0. The summed E-state index contributed by atoms with van der Waals surface area (Å²) in [6, 6.07) is 8.44. The fraction of sp³-hybridized carbons (Fsp3) is 0.562. The highest BCUT2D eigenvalue weighted by atomic mass is 16.5. The lowest BCUT2D eigenvalue weighted by Gasteiger charge is -2.32. The van der Waals surface area contributed by atoms with Gasteiger partial charge in [0.25, 0.3) is 0 Å². The number of hydrogen-bond acceptors (Lipinski definition) is 4. The number of rotatable bonds is 4. The van der Waals surface area contributed by atoms with Gasteiger partial charge in [-0.2, -0.15) is 0 Å². The fourth-order valence-corrected chi connectivity index (χ4v) is 2.88. The smallest absolute Gasteiger partial charge is 0.309 e. The number of anilines is 1. The minimum Gasteiger partial charge on any atom is -0.469 e. The minimum atomic E-state index is -0.0735. The maximum atomic E-state index is 11.7. The first-order valence-corrected chi connectivity index (χ1v) is 7.17. The summed E-state index contributed by atoms with van der Waals surface area (Å²) in [6.45, 7) is 2.74. The van der Waals surface area contributed by atoms with Crippen LogP contribution >= 0.6 is 0 Å². The number of nitrogens with zero attached hydrogens (tertiary/aromatic N) is 2. The number of ether oxygens (including phenoxy) is 1. The summed E-state index contributed by atoms with van der Waals surface area (Å²) in [5.41, 5.74) is 2.55. The molecule has 0 unspecified atom stereocenters. The molecule has 0 aromatic heterocycles. The van der Waals surface area contributed by atoms with Gasteiger partial charge in [0, 0.05) is 32.9 Å². The number of para-hydroxylation sites is 1. The van der Waals surface area contributed by atoms with E-state index < -0.39 is 0 Å². The summed E-state index contributed by atoms with van der Waals surface area (Å²) in [5, 5.41) is 0. The van der Waals surface area contributed by atoms with Crippen LogP contribution in [-0.2, 0) is 16.1 Å². The van der Waals surface area contributed by atoms with Gasteiger partial charge in [0.1, 0.15) is 0 Å². The van der Waals surface area contributed by atoms with E-state index in [9.17, 15) is 4.79 Å². The highest BCUT2D eigenvalue weighted by molar-refractivity contribution is 5.72. The molecule has 110 valence electrons. The van der Waals surface area contributed by atoms with Gasteiger partial charge in [-0.25, -0.2) is 0 Å². The Hall–Kier alpha value is -1.55. The molecule has 0 amide bonds. The second kappa shape index (κ2) is 6.75. The van der Waals surface area contributed by atoms with Crippen LogP contribution in [0.2, 0.25) is 0 Å². The van der Waals surface area contributed by atoms with Crippen molar-refractivity contribution in [3.63, 3.8) is 0 Å². The Labute approximate surface area is 121 Å². The van der Waals surface area contributed by atoms with Crippen molar-refractivity contribution < 1.29 is 9.53 Å². The highest BCUT2D eigenvalue weighted by Crippen LogP contribution is 2.24. The van der Waals surface area contributed by atoms with E-state index in [1.54, 1.807) is 0 Å². The van der Waals surface area contributed by atoms with Crippen LogP contribution < -0.4 is 4.90 Å². The van der Waals surface area contributed by atoms with Gasteiger partial charge in [-0.3, -0.25) is 9.69 Å². The van der Waals surface area contributed by atoms with Crippen LogP contribution in [0.1, 0.15) is 18.4 Å². The lowest BCUT2D eigenvalue weighted by molar-refractivity contribution is -0.147. The maximum Gasteiger partial charge on any atom is 0.309 e. The Morgan fingerprint density at radius 3 is 2.85 bits per heavy atom. The number of esters is 1. The molecule has 1 saturated heterocycles. The number of piperidine rings is 1. The molecule has 1 aliphatic heterocycles. The number of likely N-dealkylation sites (tertiary alicyclic amines) is 1. The van der Waals surface area contributed by atoms with Gasteiger partial charge in [-0.05, 0) is 31.0 Å². The van der Waals surface area contributed by atoms with Gasteiger partial charge in [0.2, 0.25) is 0 Å². The first-order valence-electron chi connectivity index (χ1n) is 7.17. The van der Waals surface area contributed by atoms with E-state index in [1.807, 2.05) is 0 Å². The molecular formula is C16H24N2O2. The standard InChI is InChI=1S/C16H24N2O2/c1-17(2)15-9-5-4-7-13(15)11-18-10-6-8-14(12-18)16(19)20-3/h4-5,7,9,14H,6,8,10-12H2,1-3H3/t14-/m1/s1. The second-order valence-electron chi connectivity index (χ2n) is 5.62. The first kappa shape index (κ1) is 14.9. The zero-order valence-corrected chi connectivity index (χ0v) is 12.6. The van der Waals surface area contributed by atoms with E-state index in [1.165, 1.54) is 18.4 Å². The molecule has 0 saturated carbocycles. The van der Waals surface area contributed by atoms with Crippen LogP contribution in [0.25, 0.3) is 0 Å². The van der Waals surface area contributed by atoms with Gasteiger partial charge in [-0.15, -0.1) is 0 Å². The molecule has 1 aromatic rings. The van der Waals surface area contributed by atoms with Crippen molar-refractivity contribution in [3.8, 4) is 0 Å². The van der Waals surface area contributed by atoms with Gasteiger partial charge >= 0.3 is 5.97 Å². The lowest BCUT2D eigenvalue weighted by atomic mass is 9.97. The molecule has 1 aromatic carbocycles. The number of carbonyl (C=O) groups is 1. The van der Waals surface area contributed by atoms with Gasteiger partial charge < -0.3 is 9.64 Å². The van der Waals surface area contributed by atoms with E-state index in [0.717, 1.165) is 32.5 Å². The second-order valence-corrected chi connectivity index (χ2v) is 5.62. The van der Waals surface area contributed by atoms with Crippen molar-refractivity contribution in [2.24, 2.45) is 5.92 Å². The Bertz CT molecular complexity index is 460. The van der Waals surface area contributed by atoms with Crippen LogP contribution in [0.15, 0.2) is 24.3 Å². The largest absolute Gasteiger partial charge is 0.469 e. The lowest BCUT2D eigenvalue weighted by Crippen LogP contribution is -2.38. The molecule has 4 heteroatoms. The normalized spacial score (nSPS) is 19.6. The van der Waals surface area contributed by atoms with Crippen molar-refractivity contribution >= 4 is 11.7 Å². The van der Waals surface area contributed by atoms with E-state index in [0.29, 0.717) is 0 Å². The molecule has 4 nitrogen and oxygen atoms in total. The van der Waals surface area contributed by atoms with Crippen molar-refractivity contribution in [1.82, 2.24) is 4.90 Å². The van der Waals surface area contributed by atoms with Gasteiger partial charge in [0.15, 0.2) is 0 Å². The third-order valence-electron chi connectivity index (χ3n) is 3.91. The van der Waals surface area contributed by atoms with E-state index in [2.05, 4.69) is 48.2 Å². The summed E-state index contributed by atoms with van der Waals surface area (Å²) in [4.78, 5) is 16.2. The van der Waals surface area contributed by atoms with E-state index >= 15 is 0 Å². The third kappa shape index (κ3) is 3.51. The molecular weight excluding hydrogens is 252 g/mol. The van der Waals surface area contributed by atoms with Gasteiger partial charge in [-0.1, -0.05) is 18.2 Å². The predicted molar refractivity (Wildman–Crippen MR) is 80.8 cm³/mol. The third-order valence-corrected chi connectivity index (χ3v) is 3.91. The van der Waals surface area contributed by atoms with Crippen LogP contribution in [0, 0.1) is 5.92 Å². The van der Waals surface area contributed by atoms with Crippen molar-refractivity contribution in [3.05, 3.63) is 29.8 Å². The highest BCUT2D eigenvalue weighted by Gasteiger charge is 2.26. The molecule has 2 rings (SSSR count).